The number of nitrogens with zero attached hydrogens (tertiary/aromatic N) is 3. The molecule has 1 aliphatic carbocycles. The molecule has 0 atom stereocenters. The van der Waals surface area contributed by atoms with E-state index < -0.39 is 11.9 Å². The first-order chi connectivity index (χ1) is 17.0. The fourth-order valence-electron chi connectivity index (χ4n) is 4.60. The number of carbonyl (C=O) groups excluding carboxylic acids is 1. The van der Waals surface area contributed by atoms with Gasteiger partial charge in [-0.1, -0.05) is 35.4 Å². The second kappa shape index (κ2) is 9.92. The number of carboxylic acid groups (broad SMARTS) is 1. The molecule has 2 aromatic carbocycles. The number of para-hydroxylation sites is 1. The van der Waals surface area contributed by atoms with Gasteiger partial charge in [0.15, 0.2) is 0 Å². The fourth-order valence-corrected chi connectivity index (χ4v) is 4.60. The second-order valence-corrected chi connectivity index (χ2v) is 8.85. The van der Waals surface area contributed by atoms with Crippen LogP contribution in [0.25, 0.3) is 10.9 Å². The number of benzene rings is 2. The van der Waals surface area contributed by atoms with E-state index in [1.54, 1.807) is 6.20 Å². The molecule has 0 radical (unpaired) electrons. The zero-order valence-electron chi connectivity index (χ0n) is 19.0. The number of carbonyl (C=O) groups is 2. The minimum atomic E-state index is -0.719. The SMILES string of the molecule is O=C(O)C[C@H]1CC[C@H](c2ccc(NC(=O)c3nnc(Nc4cnc5ccccc5c4)o3)cc2)CC1. The van der Waals surface area contributed by atoms with Gasteiger partial charge in [-0.3, -0.25) is 14.6 Å². The van der Waals surface area contributed by atoms with Crippen LogP contribution in [-0.4, -0.2) is 32.2 Å². The van der Waals surface area contributed by atoms with Gasteiger partial charge in [0.05, 0.1) is 17.4 Å². The highest BCUT2D eigenvalue weighted by Gasteiger charge is 2.24. The van der Waals surface area contributed by atoms with Crippen molar-refractivity contribution < 1.29 is 19.1 Å². The zero-order chi connectivity index (χ0) is 24.2. The van der Waals surface area contributed by atoms with Gasteiger partial charge in [0, 0.05) is 17.5 Å². The highest BCUT2D eigenvalue weighted by molar-refractivity contribution is 6.00. The lowest BCUT2D eigenvalue weighted by Crippen LogP contribution is -2.16. The maximum atomic E-state index is 12.6. The number of aromatic nitrogens is 3. The molecule has 0 unspecified atom stereocenters. The van der Waals surface area contributed by atoms with Crippen LogP contribution < -0.4 is 10.6 Å². The molecule has 178 valence electrons. The molecular formula is C26H25N5O4. The third kappa shape index (κ3) is 5.46. The number of fused-ring (bicyclic) bond motifs is 1. The Hall–Kier alpha value is -4.27. The van der Waals surface area contributed by atoms with Crippen LogP contribution in [0.2, 0.25) is 0 Å². The molecule has 0 saturated heterocycles. The molecule has 0 aliphatic heterocycles. The van der Waals surface area contributed by atoms with E-state index in [0.717, 1.165) is 36.6 Å². The van der Waals surface area contributed by atoms with E-state index in [2.05, 4.69) is 25.8 Å². The van der Waals surface area contributed by atoms with Crippen molar-refractivity contribution in [3.63, 3.8) is 0 Å². The van der Waals surface area contributed by atoms with E-state index in [1.165, 1.54) is 5.56 Å². The first-order valence-electron chi connectivity index (χ1n) is 11.6. The Labute approximate surface area is 201 Å². The van der Waals surface area contributed by atoms with Crippen molar-refractivity contribution >= 4 is 40.2 Å². The molecule has 1 saturated carbocycles. The van der Waals surface area contributed by atoms with Gasteiger partial charge >= 0.3 is 23.8 Å². The van der Waals surface area contributed by atoms with Gasteiger partial charge < -0.3 is 20.2 Å². The molecule has 3 N–H and O–H groups in total. The molecule has 1 aliphatic rings. The van der Waals surface area contributed by atoms with Crippen molar-refractivity contribution in [3.8, 4) is 0 Å². The standard InChI is InChI=1S/C26H25N5O4/c32-23(33)13-16-5-7-17(8-6-16)18-9-11-20(12-10-18)28-24(34)25-30-31-26(35-25)29-21-14-19-3-1-2-4-22(19)27-15-21/h1-4,9-12,14-17H,5-8,13H2,(H,28,34)(H,29,31)(H,32,33)/t16-,17-. The predicted octanol–water partition coefficient (Wildman–Crippen LogP) is 5.36. The number of carboxylic acids is 1. The van der Waals surface area contributed by atoms with Crippen LogP contribution in [0.3, 0.4) is 0 Å². The number of pyridine rings is 1. The Balaban J connectivity index is 1.17. The number of anilines is 3. The van der Waals surface area contributed by atoms with Crippen LogP contribution >= 0.6 is 0 Å². The van der Waals surface area contributed by atoms with Gasteiger partial charge in [-0.25, -0.2) is 0 Å². The van der Waals surface area contributed by atoms with E-state index in [-0.39, 0.29) is 24.2 Å². The third-order valence-corrected chi connectivity index (χ3v) is 6.41. The summed E-state index contributed by atoms with van der Waals surface area (Å²) in [6.45, 7) is 0. The number of hydrogen-bond donors (Lipinski definition) is 3. The fraction of sp³-hybridized carbons (Fsp3) is 0.269. The van der Waals surface area contributed by atoms with Crippen molar-refractivity contribution in [2.24, 2.45) is 5.92 Å². The van der Waals surface area contributed by atoms with E-state index >= 15 is 0 Å². The van der Waals surface area contributed by atoms with Crippen molar-refractivity contribution in [2.75, 3.05) is 10.6 Å². The van der Waals surface area contributed by atoms with Crippen molar-refractivity contribution in [1.29, 1.82) is 0 Å². The lowest BCUT2D eigenvalue weighted by molar-refractivity contribution is -0.138. The topological polar surface area (TPSA) is 130 Å². The largest absolute Gasteiger partial charge is 0.481 e. The Morgan fingerprint density at radius 1 is 0.971 bits per heavy atom. The van der Waals surface area contributed by atoms with Crippen molar-refractivity contribution in [2.45, 2.75) is 38.0 Å². The minimum Gasteiger partial charge on any atom is -0.481 e. The van der Waals surface area contributed by atoms with Crippen LogP contribution in [0.5, 0.6) is 0 Å². The van der Waals surface area contributed by atoms with Crippen molar-refractivity contribution in [3.05, 3.63) is 72.2 Å². The molecule has 0 bridgehead atoms. The monoisotopic (exact) mass is 471 g/mol. The van der Waals surface area contributed by atoms with Gasteiger partial charge in [0.2, 0.25) is 0 Å². The molecule has 35 heavy (non-hydrogen) atoms. The first kappa shape index (κ1) is 22.5. The van der Waals surface area contributed by atoms with Crippen LogP contribution in [0, 0.1) is 5.92 Å². The Bertz CT molecular complexity index is 1340. The average molecular weight is 472 g/mol. The van der Waals surface area contributed by atoms with Gasteiger partial charge in [-0.15, -0.1) is 5.10 Å². The quantitative estimate of drug-likeness (QED) is 0.328. The molecule has 9 heteroatoms. The predicted molar refractivity (Wildman–Crippen MR) is 131 cm³/mol. The minimum absolute atomic E-state index is 0.0982. The molecule has 5 rings (SSSR count). The highest BCUT2D eigenvalue weighted by atomic mass is 16.4. The number of hydrogen-bond acceptors (Lipinski definition) is 7. The van der Waals surface area contributed by atoms with E-state index in [9.17, 15) is 9.59 Å². The summed E-state index contributed by atoms with van der Waals surface area (Å²) in [5.74, 6) is -0.679. The summed E-state index contributed by atoms with van der Waals surface area (Å²) >= 11 is 0. The van der Waals surface area contributed by atoms with Crippen LogP contribution in [0.4, 0.5) is 17.4 Å². The summed E-state index contributed by atoms with van der Waals surface area (Å²) in [5, 5.41) is 23.4. The third-order valence-electron chi connectivity index (χ3n) is 6.41. The van der Waals surface area contributed by atoms with Crippen LogP contribution in [-0.2, 0) is 4.79 Å². The van der Waals surface area contributed by atoms with Gasteiger partial charge in [-0.05, 0) is 67.3 Å². The summed E-state index contributed by atoms with van der Waals surface area (Å²) in [7, 11) is 0. The molecular weight excluding hydrogens is 446 g/mol. The lowest BCUT2D eigenvalue weighted by atomic mass is 9.77. The molecule has 2 aromatic heterocycles. The van der Waals surface area contributed by atoms with E-state index in [4.69, 9.17) is 9.52 Å². The Morgan fingerprint density at radius 3 is 2.51 bits per heavy atom. The molecule has 0 spiro atoms. The molecule has 1 fully saturated rings. The summed E-state index contributed by atoms with van der Waals surface area (Å²) < 4.78 is 5.48. The summed E-state index contributed by atoms with van der Waals surface area (Å²) in [4.78, 5) is 27.9. The first-order valence-corrected chi connectivity index (χ1v) is 11.6. The summed E-state index contributed by atoms with van der Waals surface area (Å²) in [6, 6.07) is 17.5. The number of nitrogens with one attached hydrogen (secondary N) is 2. The van der Waals surface area contributed by atoms with Gasteiger partial charge in [0.1, 0.15) is 0 Å². The summed E-state index contributed by atoms with van der Waals surface area (Å²) in [5.41, 5.74) is 3.38. The zero-order valence-corrected chi connectivity index (χ0v) is 19.0. The molecule has 4 aromatic rings. The van der Waals surface area contributed by atoms with E-state index in [1.807, 2.05) is 54.6 Å². The smallest absolute Gasteiger partial charge is 0.320 e. The van der Waals surface area contributed by atoms with Gasteiger partial charge in [0.25, 0.3) is 0 Å². The lowest BCUT2D eigenvalue weighted by Gasteiger charge is -2.28. The van der Waals surface area contributed by atoms with Crippen LogP contribution in [0.15, 0.2) is 65.2 Å². The summed E-state index contributed by atoms with van der Waals surface area (Å²) in [6.07, 6.45) is 5.73. The van der Waals surface area contributed by atoms with Crippen LogP contribution in [0.1, 0.15) is 54.3 Å². The molecule has 9 nitrogen and oxygen atoms in total. The number of amides is 1. The van der Waals surface area contributed by atoms with Crippen molar-refractivity contribution in [1.82, 2.24) is 15.2 Å². The van der Waals surface area contributed by atoms with E-state index in [0.29, 0.717) is 17.3 Å². The number of aliphatic carboxylic acids is 1. The maximum absolute atomic E-state index is 12.6. The number of rotatable bonds is 7. The average Bonchev–Trinajstić information content (AvgIpc) is 3.33. The second-order valence-electron chi connectivity index (χ2n) is 8.85. The molecule has 2 heterocycles. The Morgan fingerprint density at radius 2 is 1.74 bits per heavy atom. The highest BCUT2D eigenvalue weighted by Crippen LogP contribution is 2.37. The normalized spacial score (nSPS) is 17.7. The Kier molecular flexibility index (Phi) is 6.38. The van der Waals surface area contributed by atoms with Gasteiger partial charge in [-0.2, -0.15) is 0 Å². The molecule has 1 amide bonds. The maximum Gasteiger partial charge on any atom is 0.320 e.